The van der Waals surface area contributed by atoms with Gasteiger partial charge in [0.25, 0.3) is 5.91 Å². The molecular weight excluding hydrogens is 242 g/mol. The molecule has 1 aliphatic carbocycles. The number of rotatable bonds is 3. The maximum atomic E-state index is 12.0. The Hall–Kier alpha value is -1.69. The first-order chi connectivity index (χ1) is 9.19. The lowest BCUT2D eigenvalue weighted by Gasteiger charge is -2.15. The Morgan fingerprint density at radius 2 is 2.11 bits per heavy atom. The molecule has 0 spiro atoms. The highest BCUT2D eigenvalue weighted by Gasteiger charge is 2.19. The number of carbonyl (C=O) groups is 1. The summed E-state index contributed by atoms with van der Waals surface area (Å²) in [7, 11) is 0. The van der Waals surface area contributed by atoms with E-state index >= 15 is 0 Å². The van der Waals surface area contributed by atoms with E-state index in [1.54, 1.807) is 12.1 Å². The molecule has 0 aliphatic heterocycles. The second-order valence-corrected chi connectivity index (χ2v) is 5.23. The van der Waals surface area contributed by atoms with Crippen LogP contribution in [0.1, 0.15) is 49.5 Å². The monoisotopic (exact) mass is 263 g/mol. The minimum absolute atomic E-state index is 0.157. The second kappa shape index (κ2) is 6.47. The summed E-state index contributed by atoms with van der Waals surface area (Å²) in [6.45, 7) is 2.27. The normalized spacial score (nSPS) is 23.5. The van der Waals surface area contributed by atoms with E-state index in [1.807, 2.05) is 0 Å². The number of carbonyl (C=O) groups excluding carboxylic acids is 1. The van der Waals surface area contributed by atoms with Crippen molar-refractivity contribution in [3.05, 3.63) is 17.8 Å². The summed E-state index contributed by atoms with van der Waals surface area (Å²) in [6, 6.07) is 3.51. The number of hydrogen-bond acceptors (Lipinski definition) is 5. The van der Waals surface area contributed by atoms with Crippen LogP contribution in [0, 0.1) is 5.92 Å². The molecule has 1 amide bonds. The van der Waals surface area contributed by atoms with Crippen LogP contribution >= 0.6 is 0 Å². The van der Waals surface area contributed by atoms with Crippen LogP contribution in [0.4, 0.5) is 5.82 Å². The number of nitrogens with two attached hydrogens (primary N) is 1. The number of nitrogens with one attached hydrogen (secondary N) is 2. The largest absolute Gasteiger partial charge is 0.348 e. The summed E-state index contributed by atoms with van der Waals surface area (Å²) in [5, 5.41) is 10.7. The predicted octanol–water partition coefficient (Wildman–Crippen LogP) is 1.46. The van der Waals surface area contributed by atoms with Crippen molar-refractivity contribution < 1.29 is 4.79 Å². The Morgan fingerprint density at radius 3 is 2.79 bits per heavy atom. The average Bonchev–Trinajstić information content (AvgIpc) is 2.64. The molecule has 0 radical (unpaired) electrons. The number of nitrogens with zero attached hydrogens (tertiary/aromatic N) is 2. The molecule has 6 nitrogen and oxygen atoms in total. The molecule has 1 saturated carbocycles. The molecule has 0 aromatic carbocycles. The number of aromatic nitrogens is 2. The topological polar surface area (TPSA) is 92.9 Å². The molecule has 1 heterocycles. The summed E-state index contributed by atoms with van der Waals surface area (Å²) in [5.41, 5.74) is 2.71. The first-order valence-corrected chi connectivity index (χ1v) is 6.80. The van der Waals surface area contributed by atoms with Crippen LogP contribution in [0.25, 0.3) is 0 Å². The molecule has 2 unspecified atom stereocenters. The second-order valence-electron chi connectivity index (χ2n) is 5.23. The summed E-state index contributed by atoms with van der Waals surface area (Å²) in [4.78, 5) is 12.0. The van der Waals surface area contributed by atoms with Gasteiger partial charge < -0.3 is 10.7 Å². The zero-order valence-electron chi connectivity index (χ0n) is 11.2. The SMILES string of the molecule is CC1CCCC(NC(=O)c2ccc(NN)nn2)CC1. The summed E-state index contributed by atoms with van der Waals surface area (Å²) in [6.07, 6.45) is 5.69. The molecule has 0 saturated heterocycles. The van der Waals surface area contributed by atoms with Crippen molar-refractivity contribution in [1.29, 1.82) is 0 Å². The third-order valence-electron chi connectivity index (χ3n) is 3.64. The Kier molecular flexibility index (Phi) is 4.68. The highest BCUT2D eigenvalue weighted by Crippen LogP contribution is 2.22. The Morgan fingerprint density at radius 1 is 1.26 bits per heavy atom. The Balaban J connectivity index is 1.92. The van der Waals surface area contributed by atoms with Gasteiger partial charge in [0.15, 0.2) is 11.5 Å². The molecule has 1 fully saturated rings. The molecule has 1 aromatic heterocycles. The molecule has 19 heavy (non-hydrogen) atoms. The summed E-state index contributed by atoms with van der Waals surface area (Å²) >= 11 is 0. The van der Waals surface area contributed by atoms with E-state index in [4.69, 9.17) is 5.84 Å². The third-order valence-corrected chi connectivity index (χ3v) is 3.64. The first kappa shape index (κ1) is 13.7. The minimum atomic E-state index is -0.157. The van der Waals surface area contributed by atoms with Crippen LogP contribution in [0.15, 0.2) is 12.1 Å². The van der Waals surface area contributed by atoms with Crippen molar-refractivity contribution in [2.75, 3.05) is 5.43 Å². The van der Waals surface area contributed by atoms with Gasteiger partial charge in [-0.2, -0.15) is 0 Å². The van der Waals surface area contributed by atoms with Crippen LogP contribution in [0.2, 0.25) is 0 Å². The lowest BCUT2D eigenvalue weighted by molar-refractivity contribution is 0.0927. The van der Waals surface area contributed by atoms with Gasteiger partial charge >= 0.3 is 0 Å². The van der Waals surface area contributed by atoms with Gasteiger partial charge in [-0.15, -0.1) is 10.2 Å². The molecule has 1 aliphatic rings. The van der Waals surface area contributed by atoms with E-state index in [-0.39, 0.29) is 11.9 Å². The maximum absolute atomic E-state index is 12.0. The number of nitrogen functional groups attached to an aromatic ring is 1. The van der Waals surface area contributed by atoms with Gasteiger partial charge in [-0.25, -0.2) is 5.84 Å². The van der Waals surface area contributed by atoms with Crippen LogP contribution < -0.4 is 16.6 Å². The van der Waals surface area contributed by atoms with E-state index < -0.39 is 0 Å². The maximum Gasteiger partial charge on any atom is 0.272 e. The van der Waals surface area contributed by atoms with Crippen molar-refractivity contribution in [2.45, 2.75) is 45.1 Å². The molecule has 6 heteroatoms. The highest BCUT2D eigenvalue weighted by atomic mass is 16.2. The third kappa shape index (κ3) is 3.89. The molecule has 1 aromatic rings. The van der Waals surface area contributed by atoms with Crippen LogP contribution in [-0.4, -0.2) is 22.1 Å². The van der Waals surface area contributed by atoms with Crippen molar-refractivity contribution in [1.82, 2.24) is 15.5 Å². The molecular formula is C13H21N5O. The van der Waals surface area contributed by atoms with E-state index in [0.717, 1.165) is 18.8 Å². The quantitative estimate of drug-likeness (QED) is 0.436. The average molecular weight is 263 g/mol. The van der Waals surface area contributed by atoms with Gasteiger partial charge in [0, 0.05) is 6.04 Å². The van der Waals surface area contributed by atoms with E-state index in [1.165, 1.54) is 19.3 Å². The lowest BCUT2D eigenvalue weighted by atomic mass is 10.0. The zero-order valence-corrected chi connectivity index (χ0v) is 11.2. The molecule has 104 valence electrons. The molecule has 0 bridgehead atoms. The Labute approximate surface area is 113 Å². The first-order valence-electron chi connectivity index (χ1n) is 6.80. The standard InChI is InChI=1S/C13H21N5O/c1-9-3-2-4-10(6-5-9)15-13(19)11-7-8-12(16-14)18-17-11/h7-10H,2-6,14H2,1H3,(H,15,19)(H,16,18). The summed E-state index contributed by atoms with van der Waals surface area (Å²) in [5.74, 6) is 6.25. The smallest absolute Gasteiger partial charge is 0.272 e. The predicted molar refractivity (Wildman–Crippen MR) is 73.3 cm³/mol. The molecule has 2 atom stereocenters. The van der Waals surface area contributed by atoms with Crippen LogP contribution in [0.5, 0.6) is 0 Å². The number of amides is 1. The van der Waals surface area contributed by atoms with Crippen molar-refractivity contribution in [2.24, 2.45) is 11.8 Å². The van der Waals surface area contributed by atoms with Gasteiger partial charge in [-0.05, 0) is 37.3 Å². The van der Waals surface area contributed by atoms with Crippen molar-refractivity contribution in [3.8, 4) is 0 Å². The fraction of sp³-hybridized carbons (Fsp3) is 0.615. The van der Waals surface area contributed by atoms with Gasteiger partial charge in [0.1, 0.15) is 0 Å². The lowest BCUT2D eigenvalue weighted by Crippen LogP contribution is -2.35. The van der Waals surface area contributed by atoms with Gasteiger partial charge in [0.2, 0.25) is 0 Å². The minimum Gasteiger partial charge on any atom is -0.348 e. The van der Waals surface area contributed by atoms with Gasteiger partial charge in [-0.1, -0.05) is 19.8 Å². The number of anilines is 1. The Bertz CT molecular complexity index is 420. The fourth-order valence-electron chi connectivity index (χ4n) is 2.42. The highest BCUT2D eigenvalue weighted by molar-refractivity contribution is 5.92. The van der Waals surface area contributed by atoms with Gasteiger partial charge in [-0.3, -0.25) is 4.79 Å². The van der Waals surface area contributed by atoms with Crippen LogP contribution in [0.3, 0.4) is 0 Å². The zero-order chi connectivity index (χ0) is 13.7. The van der Waals surface area contributed by atoms with Crippen LogP contribution in [-0.2, 0) is 0 Å². The van der Waals surface area contributed by atoms with E-state index in [2.05, 4.69) is 27.9 Å². The van der Waals surface area contributed by atoms with E-state index in [9.17, 15) is 4.79 Å². The number of hydrazine groups is 1. The fourth-order valence-corrected chi connectivity index (χ4v) is 2.42. The summed E-state index contributed by atoms with van der Waals surface area (Å²) < 4.78 is 0. The van der Waals surface area contributed by atoms with Crippen molar-refractivity contribution in [3.63, 3.8) is 0 Å². The molecule has 2 rings (SSSR count). The van der Waals surface area contributed by atoms with Crippen molar-refractivity contribution >= 4 is 11.7 Å². The number of hydrogen-bond donors (Lipinski definition) is 3. The van der Waals surface area contributed by atoms with E-state index in [0.29, 0.717) is 11.5 Å². The molecule has 4 N–H and O–H groups in total. The van der Waals surface area contributed by atoms with Gasteiger partial charge in [0.05, 0.1) is 0 Å².